The molecule has 4 heteroatoms. The van der Waals surface area contributed by atoms with Crippen LogP contribution in [-0.2, 0) is 6.54 Å². The number of hydrogen-bond acceptors (Lipinski definition) is 3. The molecule has 0 aromatic heterocycles. The molecular formula is C17H19NO3. The van der Waals surface area contributed by atoms with Crippen LogP contribution in [0.2, 0.25) is 0 Å². The molecule has 0 amide bonds. The molecule has 0 radical (unpaired) electrons. The van der Waals surface area contributed by atoms with Crippen LogP contribution in [0.3, 0.4) is 0 Å². The van der Waals surface area contributed by atoms with E-state index in [1.54, 1.807) is 24.3 Å². The Morgan fingerprint density at radius 2 is 1.71 bits per heavy atom. The third-order valence-corrected chi connectivity index (χ3v) is 3.44. The maximum absolute atomic E-state index is 10.8. The maximum Gasteiger partial charge on any atom is 0.335 e. The SMILES string of the molecule is CC(NCc1ccc(C(=O)O)cc1)C(O)c1ccccc1. The van der Waals surface area contributed by atoms with Crippen LogP contribution in [-0.4, -0.2) is 22.2 Å². The molecule has 0 saturated carbocycles. The molecule has 2 aromatic carbocycles. The lowest BCUT2D eigenvalue weighted by molar-refractivity contribution is 0.0697. The molecule has 110 valence electrons. The molecule has 2 atom stereocenters. The first-order chi connectivity index (χ1) is 10.1. The summed E-state index contributed by atoms with van der Waals surface area (Å²) in [6.07, 6.45) is -0.579. The van der Waals surface area contributed by atoms with Crippen molar-refractivity contribution < 1.29 is 15.0 Å². The van der Waals surface area contributed by atoms with E-state index in [9.17, 15) is 9.90 Å². The van der Waals surface area contributed by atoms with Crippen LogP contribution < -0.4 is 5.32 Å². The summed E-state index contributed by atoms with van der Waals surface area (Å²) >= 11 is 0. The van der Waals surface area contributed by atoms with Crippen LogP contribution in [0.15, 0.2) is 54.6 Å². The largest absolute Gasteiger partial charge is 0.478 e. The molecule has 2 aromatic rings. The summed E-state index contributed by atoms with van der Waals surface area (Å²) in [5.41, 5.74) is 2.13. The van der Waals surface area contributed by atoms with Gasteiger partial charge in [-0.1, -0.05) is 42.5 Å². The Morgan fingerprint density at radius 3 is 2.29 bits per heavy atom. The van der Waals surface area contributed by atoms with Crippen LogP contribution >= 0.6 is 0 Å². The summed E-state index contributed by atoms with van der Waals surface area (Å²) in [4.78, 5) is 10.8. The van der Waals surface area contributed by atoms with Gasteiger partial charge in [-0.25, -0.2) is 4.79 Å². The highest BCUT2D eigenvalue weighted by Gasteiger charge is 2.15. The van der Waals surface area contributed by atoms with E-state index in [1.165, 1.54) is 0 Å². The van der Waals surface area contributed by atoms with Gasteiger partial charge in [0.15, 0.2) is 0 Å². The number of aromatic carboxylic acids is 1. The zero-order valence-electron chi connectivity index (χ0n) is 11.9. The van der Waals surface area contributed by atoms with Crippen molar-refractivity contribution in [3.8, 4) is 0 Å². The van der Waals surface area contributed by atoms with E-state index < -0.39 is 12.1 Å². The minimum Gasteiger partial charge on any atom is -0.478 e. The van der Waals surface area contributed by atoms with Crippen molar-refractivity contribution in [2.24, 2.45) is 0 Å². The zero-order chi connectivity index (χ0) is 15.2. The van der Waals surface area contributed by atoms with Gasteiger partial charge in [0.25, 0.3) is 0 Å². The van der Waals surface area contributed by atoms with Gasteiger partial charge in [0.05, 0.1) is 11.7 Å². The summed E-state index contributed by atoms with van der Waals surface area (Å²) in [6.45, 7) is 2.49. The standard InChI is InChI=1S/C17H19NO3/c1-12(16(19)14-5-3-2-4-6-14)18-11-13-7-9-15(10-8-13)17(20)21/h2-10,12,16,18-19H,11H2,1H3,(H,20,21). The lowest BCUT2D eigenvalue weighted by Gasteiger charge is -2.20. The average Bonchev–Trinajstić information content (AvgIpc) is 2.53. The minimum absolute atomic E-state index is 0.105. The number of rotatable bonds is 6. The Balaban J connectivity index is 1.91. The Kier molecular flexibility index (Phi) is 5.09. The maximum atomic E-state index is 10.8. The number of carboxylic acid groups (broad SMARTS) is 1. The second kappa shape index (κ2) is 7.02. The number of carbonyl (C=O) groups is 1. The van der Waals surface area contributed by atoms with E-state index >= 15 is 0 Å². The number of hydrogen-bond donors (Lipinski definition) is 3. The first-order valence-electron chi connectivity index (χ1n) is 6.86. The fourth-order valence-electron chi connectivity index (χ4n) is 2.09. The third-order valence-electron chi connectivity index (χ3n) is 3.44. The molecule has 3 N–H and O–H groups in total. The monoisotopic (exact) mass is 285 g/mol. The smallest absolute Gasteiger partial charge is 0.335 e. The van der Waals surface area contributed by atoms with Crippen molar-refractivity contribution in [1.29, 1.82) is 0 Å². The summed E-state index contributed by atoms with van der Waals surface area (Å²) < 4.78 is 0. The first kappa shape index (κ1) is 15.2. The highest BCUT2D eigenvalue weighted by Crippen LogP contribution is 2.16. The van der Waals surface area contributed by atoms with E-state index in [2.05, 4.69) is 5.32 Å². The van der Waals surface area contributed by atoms with Gasteiger partial charge in [-0.05, 0) is 30.2 Å². The van der Waals surface area contributed by atoms with Gasteiger partial charge in [-0.3, -0.25) is 0 Å². The molecule has 0 aliphatic carbocycles. The number of nitrogens with one attached hydrogen (secondary N) is 1. The molecule has 21 heavy (non-hydrogen) atoms. The molecule has 2 rings (SSSR count). The molecule has 0 bridgehead atoms. The number of aliphatic hydroxyl groups is 1. The van der Waals surface area contributed by atoms with E-state index in [0.29, 0.717) is 6.54 Å². The quantitative estimate of drug-likeness (QED) is 0.763. The lowest BCUT2D eigenvalue weighted by Crippen LogP contribution is -2.31. The van der Waals surface area contributed by atoms with Crippen LogP contribution in [0.4, 0.5) is 0 Å². The van der Waals surface area contributed by atoms with Crippen molar-refractivity contribution >= 4 is 5.97 Å². The van der Waals surface area contributed by atoms with E-state index in [0.717, 1.165) is 11.1 Å². The molecule has 0 aliphatic rings. The summed E-state index contributed by atoms with van der Waals surface area (Å²) in [6, 6.07) is 16.1. The van der Waals surface area contributed by atoms with E-state index in [-0.39, 0.29) is 11.6 Å². The molecule has 0 aliphatic heterocycles. The summed E-state index contributed by atoms with van der Waals surface area (Å²) in [5.74, 6) is -0.928. The molecule has 0 heterocycles. The van der Waals surface area contributed by atoms with Gasteiger partial charge in [0.1, 0.15) is 0 Å². The predicted molar refractivity (Wildman–Crippen MR) is 81.1 cm³/mol. The topological polar surface area (TPSA) is 69.6 Å². The van der Waals surface area contributed by atoms with Gasteiger partial charge in [-0.15, -0.1) is 0 Å². The predicted octanol–water partition coefficient (Wildman–Crippen LogP) is 2.60. The van der Waals surface area contributed by atoms with Crippen molar-refractivity contribution in [1.82, 2.24) is 5.32 Å². The molecule has 0 spiro atoms. The van der Waals surface area contributed by atoms with Crippen molar-refractivity contribution in [2.45, 2.75) is 25.6 Å². The van der Waals surface area contributed by atoms with Gasteiger partial charge in [-0.2, -0.15) is 0 Å². The Morgan fingerprint density at radius 1 is 1.10 bits per heavy atom. The fourth-order valence-corrected chi connectivity index (χ4v) is 2.09. The molecule has 0 saturated heterocycles. The van der Waals surface area contributed by atoms with Gasteiger partial charge < -0.3 is 15.5 Å². The number of carboxylic acids is 1. The Bertz CT molecular complexity index is 581. The molecule has 0 fully saturated rings. The fraction of sp³-hybridized carbons (Fsp3) is 0.235. The Hall–Kier alpha value is -2.17. The van der Waals surface area contributed by atoms with Crippen LogP contribution in [0.5, 0.6) is 0 Å². The second-order valence-electron chi connectivity index (χ2n) is 5.03. The van der Waals surface area contributed by atoms with Crippen molar-refractivity contribution in [2.75, 3.05) is 0 Å². The Labute approximate surface area is 124 Å². The zero-order valence-corrected chi connectivity index (χ0v) is 11.9. The lowest BCUT2D eigenvalue weighted by atomic mass is 10.0. The third kappa shape index (κ3) is 4.15. The molecule has 2 unspecified atom stereocenters. The summed E-state index contributed by atoms with van der Waals surface area (Å²) in [5, 5.41) is 22.3. The normalized spacial score (nSPS) is 13.6. The number of benzene rings is 2. The number of aliphatic hydroxyl groups excluding tert-OH is 1. The molecular weight excluding hydrogens is 266 g/mol. The van der Waals surface area contributed by atoms with Crippen molar-refractivity contribution in [3.63, 3.8) is 0 Å². The van der Waals surface area contributed by atoms with Gasteiger partial charge in [0.2, 0.25) is 0 Å². The van der Waals surface area contributed by atoms with E-state index in [4.69, 9.17) is 5.11 Å². The average molecular weight is 285 g/mol. The highest BCUT2D eigenvalue weighted by atomic mass is 16.4. The molecule has 4 nitrogen and oxygen atoms in total. The van der Waals surface area contributed by atoms with E-state index in [1.807, 2.05) is 37.3 Å². The van der Waals surface area contributed by atoms with Crippen LogP contribution in [0, 0.1) is 0 Å². The highest BCUT2D eigenvalue weighted by molar-refractivity contribution is 5.87. The van der Waals surface area contributed by atoms with Gasteiger partial charge >= 0.3 is 5.97 Å². The van der Waals surface area contributed by atoms with Crippen LogP contribution in [0.1, 0.15) is 34.5 Å². The second-order valence-corrected chi connectivity index (χ2v) is 5.03. The van der Waals surface area contributed by atoms with Crippen molar-refractivity contribution in [3.05, 3.63) is 71.3 Å². The van der Waals surface area contributed by atoms with Crippen LogP contribution in [0.25, 0.3) is 0 Å². The van der Waals surface area contributed by atoms with Gasteiger partial charge in [0, 0.05) is 12.6 Å². The summed E-state index contributed by atoms with van der Waals surface area (Å²) in [7, 11) is 0. The first-order valence-corrected chi connectivity index (χ1v) is 6.86. The minimum atomic E-state index is -0.928.